The van der Waals surface area contributed by atoms with Crippen molar-refractivity contribution in [1.82, 2.24) is 5.32 Å². The molecule has 1 amide bonds. The van der Waals surface area contributed by atoms with Gasteiger partial charge in [-0.2, -0.15) is 0 Å². The van der Waals surface area contributed by atoms with Crippen LogP contribution >= 0.6 is 0 Å². The Labute approximate surface area is 165 Å². The van der Waals surface area contributed by atoms with E-state index in [2.05, 4.69) is 5.32 Å². The minimum Gasteiger partial charge on any atom is -0.483 e. The lowest BCUT2D eigenvalue weighted by atomic mass is 10.0. The first-order valence-electron chi connectivity index (χ1n) is 9.22. The molecule has 0 fully saturated rings. The molecule has 3 rings (SSSR count). The Balaban J connectivity index is 1.79. The molecule has 0 radical (unpaired) electrons. The second kappa shape index (κ2) is 8.34. The molecular formula is C20H21NO8. The molecule has 0 saturated carbocycles. The number of carbonyl (C=O) groups is 3. The molecule has 3 N–H and O–H groups in total. The van der Waals surface area contributed by atoms with Gasteiger partial charge < -0.3 is 24.7 Å². The number of benzene rings is 1. The summed E-state index contributed by atoms with van der Waals surface area (Å²) in [5.74, 6) is -2.77. The predicted octanol–water partition coefficient (Wildman–Crippen LogP) is 1.40. The number of carboxylic acid groups (broad SMARTS) is 2. The van der Waals surface area contributed by atoms with Gasteiger partial charge in [0.15, 0.2) is 6.61 Å². The first kappa shape index (κ1) is 20.4. The van der Waals surface area contributed by atoms with Crippen LogP contribution in [0.25, 0.3) is 11.0 Å². The number of carbonyl (C=O) groups excluding carboxylic acids is 1. The summed E-state index contributed by atoms with van der Waals surface area (Å²) in [6.07, 6.45) is 1.55. The predicted molar refractivity (Wildman–Crippen MR) is 101 cm³/mol. The summed E-state index contributed by atoms with van der Waals surface area (Å²) in [5.41, 5.74) is 2.28. The standard InChI is InChI=1S/C20H21NO8/c1-10-7-14(18-11-3-2-4-12(11)20(27)29-15(18)8-10)28-9-16(22)21-13(19(25)26)5-6-17(23)24/h7-8,13H,2-6,9H2,1H3,(H,21,22)(H,23,24)(H,25,26). The molecule has 1 aliphatic carbocycles. The van der Waals surface area contributed by atoms with Crippen molar-refractivity contribution in [2.75, 3.05) is 6.61 Å². The van der Waals surface area contributed by atoms with Gasteiger partial charge in [0, 0.05) is 12.0 Å². The Bertz CT molecular complexity index is 1040. The zero-order valence-electron chi connectivity index (χ0n) is 15.8. The topological polar surface area (TPSA) is 143 Å². The van der Waals surface area contributed by atoms with Crippen molar-refractivity contribution in [3.8, 4) is 5.75 Å². The second-order valence-corrected chi connectivity index (χ2v) is 7.02. The summed E-state index contributed by atoms with van der Waals surface area (Å²) in [6, 6.07) is 2.14. The largest absolute Gasteiger partial charge is 0.483 e. The van der Waals surface area contributed by atoms with Gasteiger partial charge in [-0.3, -0.25) is 9.59 Å². The minimum atomic E-state index is -1.32. The van der Waals surface area contributed by atoms with Gasteiger partial charge in [-0.05, 0) is 55.9 Å². The van der Waals surface area contributed by atoms with Crippen molar-refractivity contribution in [2.24, 2.45) is 0 Å². The average Bonchev–Trinajstić information content (AvgIpc) is 3.12. The maximum absolute atomic E-state index is 12.2. The van der Waals surface area contributed by atoms with Crippen molar-refractivity contribution in [2.45, 2.75) is 45.1 Å². The molecule has 1 heterocycles. The van der Waals surface area contributed by atoms with Gasteiger partial charge in [0.05, 0.1) is 5.39 Å². The Hall–Kier alpha value is -3.36. The Morgan fingerprint density at radius 3 is 2.62 bits per heavy atom. The molecule has 9 nitrogen and oxygen atoms in total. The molecule has 0 aliphatic heterocycles. The number of aryl methyl sites for hydroxylation is 2. The van der Waals surface area contributed by atoms with Gasteiger partial charge in [-0.15, -0.1) is 0 Å². The van der Waals surface area contributed by atoms with Crippen LogP contribution in [0.15, 0.2) is 21.3 Å². The fraction of sp³-hybridized carbons (Fsp3) is 0.400. The monoisotopic (exact) mass is 403 g/mol. The van der Waals surface area contributed by atoms with E-state index in [1.165, 1.54) is 0 Å². The smallest absolute Gasteiger partial charge is 0.339 e. The van der Waals surface area contributed by atoms with Crippen LogP contribution in [0.2, 0.25) is 0 Å². The lowest BCUT2D eigenvalue weighted by Gasteiger charge is -2.15. The van der Waals surface area contributed by atoms with E-state index < -0.39 is 30.5 Å². The van der Waals surface area contributed by atoms with Crippen molar-refractivity contribution in [3.63, 3.8) is 0 Å². The molecule has 1 aliphatic rings. The Morgan fingerprint density at radius 2 is 1.93 bits per heavy atom. The number of amides is 1. The highest BCUT2D eigenvalue weighted by molar-refractivity contribution is 5.90. The molecule has 1 unspecified atom stereocenters. The van der Waals surface area contributed by atoms with Crippen LogP contribution < -0.4 is 15.7 Å². The van der Waals surface area contributed by atoms with Crippen LogP contribution in [0, 0.1) is 6.92 Å². The summed E-state index contributed by atoms with van der Waals surface area (Å²) in [7, 11) is 0. The number of carboxylic acids is 2. The maximum atomic E-state index is 12.2. The molecule has 0 bridgehead atoms. The van der Waals surface area contributed by atoms with Gasteiger partial charge in [-0.1, -0.05) is 0 Å². The van der Waals surface area contributed by atoms with Crippen LogP contribution in [0.1, 0.15) is 36.0 Å². The molecule has 1 aromatic carbocycles. The van der Waals surface area contributed by atoms with Crippen molar-refractivity contribution in [1.29, 1.82) is 0 Å². The highest BCUT2D eigenvalue weighted by atomic mass is 16.5. The van der Waals surface area contributed by atoms with Crippen molar-refractivity contribution < 1.29 is 33.8 Å². The normalized spacial score (nSPS) is 13.7. The third-order valence-electron chi connectivity index (χ3n) is 4.82. The van der Waals surface area contributed by atoms with Gasteiger partial charge in [0.25, 0.3) is 5.91 Å². The van der Waals surface area contributed by atoms with E-state index in [0.717, 1.165) is 17.5 Å². The Kier molecular flexibility index (Phi) is 5.86. The Morgan fingerprint density at radius 1 is 1.21 bits per heavy atom. The molecule has 0 spiro atoms. The third kappa shape index (κ3) is 4.56. The van der Waals surface area contributed by atoms with E-state index in [0.29, 0.717) is 35.1 Å². The molecule has 154 valence electrons. The fourth-order valence-electron chi connectivity index (χ4n) is 3.52. The van der Waals surface area contributed by atoms with Gasteiger partial charge in [0.2, 0.25) is 0 Å². The zero-order chi connectivity index (χ0) is 21.1. The number of nitrogens with one attached hydrogen (secondary N) is 1. The van der Waals surface area contributed by atoms with Crippen LogP contribution in [0.3, 0.4) is 0 Å². The molecule has 9 heteroatoms. The van der Waals surface area contributed by atoms with E-state index >= 15 is 0 Å². The zero-order valence-corrected chi connectivity index (χ0v) is 15.8. The third-order valence-corrected chi connectivity index (χ3v) is 4.82. The van der Waals surface area contributed by atoms with E-state index in [1.807, 2.05) is 0 Å². The number of hydrogen-bond acceptors (Lipinski definition) is 6. The van der Waals surface area contributed by atoms with Gasteiger partial charge >= 0.3 is 17.6 Å². The summed E-state index contributed by atoms with van der Waals surface area (Å²) in [6.45, 7) is 1.34. The van der Waals surface area contributed by atoms with E-state index in [9.17, 15) is 19.2 Å². The number of rotatable bonds is 8. The lowest BCUT2D eigenvalue weighted by Crippen LogP contribution is -2.43. The summed E-state index contributed by atoms with van der Waals surface area (Å²) in [5, 5.41) is 20.7. The summed E-state index contributed by atoms with van der Waals surface area (Å²) in [4.78, 5) is 46.1. The molecule has 29 heavy (non-hydrogen) atoms. The van der Waals surface area contributed by atoms with E-state index in [4.69, 9.17) is 19.4 Å². The van der Waals surface area contributed by atoms with E-state index in [1.54, 1.807) is 19.1 Å². The van der Waals surface area contributed by atoms with Crippen LogP contribution in [0.4, 0.5) is 0 Å². The number of hydrogen-bond donors (Lipinski definition) is 3. The fourth-order valence-corrected chi connectivity index (χ4v) is 3.52. The summed E-state index contributed by atoms with van der Waals surface area (Å²) < 4.78 is 11.1. The molecule has 1 aromatic heterocycles. The van der Waals surface area contributed by atoms with Gasteiger partial charge in [-0.25, -0.2) is 9.59 Å². The average molecular weight is 403 g/mol. The molecule has 2 aromatic rings. The van der Waals surface area contributed by atoms with Crippen LogP contribution in [-0.4, -0.2) is 40.7 Å². The summed E-state index contributed by atoms with van der Waals surface area (Å²) >= 11 is 0. The van der Waals surface area contributed by atoms with Crippen molar-refractivity contribution >= 4 is 28.8 Å². The number of aliphatic carboxylic acids is 2. The first-order chi connectivity index (χ1) is 13.8. The molecule has 1 atom stereocenters. The highest BCUT2D eigenvalue weighted by Gasteiger charge is 2.24. The van der Waals surface area contributed by atoms with Crippen molar-refractivity contribution in [3.05, 3.63) is 39.2 Å². The molecular weight excluding hydrogens is 382 g/mol. The maximum Gasteiger partial charge on any atom is 0.339 e. The second-order valence-electron chi connectivity index (χ2n) is 7.02. The SMILES string of the molecule is Cc1cc(OCC(=O)NC(CCC(=O)O)C(=O)O)c2c3c(c(=O)oc2c1)CCC3. The number of ether oxygens (including phenoxy) is 1. The highest BCUT2D eigenvalue weighted by Crippen LogP contribution is 2.35. The van der Waals surface area contributed by atoms with Crippen LogP contribution in [-0.2, 0) is 27.2 Å². The first-order valence-corrected chi connectivity index (χ1v) is 9.22. The number of fused-ring (bicyclic) bond motifs is 3. The quantitative estimate of drug-likeness (QED) is 0.561. The minimum absolute atomic E-state index is 0.234. The lowest BCUT2D eigenvalue weighted by molar-refractivity contribution is -0.143. The molecule has 0 saturated heterocycles. The van der Waals surface area contributed by atoms with Gasteiger partial charge in [0.1, 0.15) is 17.4 Å². The van der Waals surface area contributed by atoms with Crippen LogP contribution in [0.5, 0.6) is 5.75 Å². The van der Waals surface area contributed by atoms with E-state index in [-0.39, 0.29) is 18.5 Å².